The van der Waals surface area contributed by atoms with Crippen molar-refractivity contribution in [3.8, 4) is 0 Å². The molecule has 2 N–H and O–H groups in total. The monoisotopic (exact) mass is 305 g/mol. The molecule has 0 unspecified atom stereocenters. The van der Waals surface area contributed by atoms with Gasteiger partial charge in [0.05, 0.1) is 12.9 Å². The maximum atomic E-state index is 10.7. The molecule has 15 heavy (non-hydrogen) atoms. The van der Waals surface area contributed by atoms with E-state index in [0.717, 1.165) is 6.26 Å². The minimum Gasteiger partial charge on any atom is -0.394 e. The zero-order valence-corrected chi connectivity index (χ0v) is 12.0. The predicted octanol–water partition coefficient (Wildman–Crippen LogP) is -1.10. The van der Waals surface area contributed by atoms with Gasteiger partial charge in [0.25, 0.3) is 0 Å². The summed E-state index contributed by atoms with van der Waals surface area (Å²) in [4.78, 5) is 11.2. The van der Waals surface area contributed by atoms with Crippen molar-refractivity contribution in [3.63, 3.8) is 0 Å². The topological polar surface area (TPSA) is 96.9 Å². The van der Waals surface area contributed by atoms with Gasteiger partial charge in [-0.1, -0.05) is 6.92 Å². The van der Waals surface area contributed by atoms with Crippen molar-refractivity contribution in [3.05, 3.63) is 12.2 Å². The summed E-state index contributed by atoms with van der Waals surface area (Å²) in [5, 5.41) is 2.66. The van der Waals surface area contributed by atoms with E-state index in [4.69, 9.17) is 0 Å². The predicted molar refractivity (Wildman–Crippen MR) is 49.9 cm³/mol. The van der Waals surface area contributed by atoms with Crippen LogP contribution in [-0.2, 0) is 42.7 Å². The second-order valence-electron chi connectivity index (χ2n) is 2.58. The van der Waals surface area contributed by atoms with Crippen molar-refractivity contribution in [2.24, 2.45) is 0 Å². The number of sulfonamides is 1. The Morgan fingerprint density at radius 1 is 1.40 bits per heavy atom. The summed E-state index contributed by atoms with van der Waals surface area (Å²) < 4.78 is 23.6. The minimum atomic E-state index is -3.20. The summed E-state index contributed by atoms with van der Waals surface area (Å²) in [7, 11) is -3.20. The Morgan fingerprint density at radius 2 is 2.07 bits per heavy atom. The SMILES string of the molecule is Cc1n[c-]nc(NCNS(C)(=O)=O)n1.[Y]. The minimum absolute atomic E-state index is 0. The van der Waals surface area contributed by atoms with Gasteiger partial charge in [-0.05, 0) is 0 Å². The van der Waals surface area contributed by atoms with Crippen molar-refractivity contribution in [2.75, 3.05) is 18.2 Å². The number of aryl methyl sites for hydroxylation is 1. The summed E-state index contributed by atoms with van der Waals surface area (Å²) in [6, 6.07) is 0. The third-order valence-corrected chi connectivity index (χ3v) is 1.88. The molecular weight excluding hydrogens is 295 g/mol. The van der Waals surface area contributed by atoms with Crippen LogP contribution in [0.15, 0.2) is 0 Å². The molecule has 0 atom stereocenters. The fraction of sp³-hybridized carbons (Fsp3) is 0.500. The number of hydrogen-bond acceptors (Lipinski definition) is 6. The van der Waals surface area contributed by atoms with Crippen LogP contribution in [0.1, 0.15) is 5.82 Å². The van der Waals surface area contributed by atoms with E-state index in [9.17, 15) is 8.42 Å². The smallest absolute Gasteiger partial charge is 0.210 e. The molecule has 7 nitrogen and oxygen atoms in total. The first kappa shape index (κ1) is 14.8. The molecule has 0 amide bonds. The number of aromatic nitrogens is 3. The van der Waals surface area contributed by atoms with Gasteiger partial charge in [-0.2, -0.15) is 4.72 Å². The van der Waals surface area contributed by atoms with E-state index in [2.05, 4.69) is 31.3 Å². The van der Waals surface area contributed by atoms with Crippen molar-refractivity contribution >= 4 is 16.0 Å². The third kappa shape index (κ3) is 6.83. The summed E-state index contributed by atoms with van der Waals surface area (Å²) in [5.74, 6) is 0.801. The molecule has 81 valence electrons. The number of rotatable bonds is 4. The quantitative estimate of drug-likeness (QED) is 0.541. The Bertz CT molecular complexity index is 410. The molecule has 0 aliphatic rings. The van der Waals surface area contributed by atoms with Crippen LogP contribution in [0.2, 0.25) is 0 Å². The third-order valence-electron chi connectivity index (χ3n) is 1.22. The van der Waals surface area contributed by atoms with E-state index >= 15 is 0 Å². The van der Waals surface area contributed by atoms with Crippen LogP contribution in [0.25, 0.3) is 0 Å². The summed E-state index contributed by atoms with van der Waals surface area (Å²) in [6.45, 7) is 1.73. The standard InChI is InChI=1S/C6H10N5O2S.Y/c1-5-7-3-8-6(11-5)9-4-10-14(2,12)13;/h10H,4H2,1-2H3,(H,7,8,9,11);/q-1;. The zero-order chi connectivity index (χ0) is 10.6. The van der Waals surface area contributed by atoms with Crippen molar-refractivity contribution in [1.29, 1.82) is 0 Å². The second-order valence-corrected chi connectivity index (χ2v) is 4.41. The number of anilines is 1. The molecule has 0 aliphatic carbocycles. The zero-order valence-electron chi connectivity index (χ0n) is 8.35. The van der Waals surface area contributed by atoms with Crippen LogP contribution >= 0.6 is 0 Å². The van der Waals surface area contributed by atoms with Gasteiger partial charge in [-0.3, -0.25) is 0 Å². The van der Waals surface area contributed by atoms with Crippen LogP contribution in [-0.4, -0.2) is 36.3 Å². The molecule has 1 radical (unpaired) electrons. The van der Waals surface area contributed by atoms with Gasteiger partial charge in [0.15, 0.2) is 0 Å². The molecule has 1 rings (SSSR count). The second kappa shape index (κ2) is 6.42. The first-order valence-electron chi connectivity index (χ1n) is 3.74. The van der Waals surface area contributed by atoms with Crippen LogP contribution in [0, 0.1) is 13.3 Å². The summed E-state index contributed by atoms with van der Waals surface area (Å²) in [6.07, 6.45) is 3.44. The first-order chi connectivity index (χ1) is 6.47. The Morgan fingerprint density at radius 3 is 2.60 bits per heavy atom. The summed E-state index contributed by atoms with van der Waals surface area (Å²) in [5.41, 5.74) is 0. The Labute approximate surface area is 113 Å². The molecule has 0 fully saturated rings. The maximum absolute atomic E-state index is 10.7. The largest absolute Gasteiger partial charge is 0.394 e. The average molecular weight is 305 g/mol. The average Bonchev–Trinajstić information content (AvgIpc) is 2.01. The van der Waals surface area contributed by atoms with Gasteiger partial charge >= 0.3 is 0 Å². The molecule has 0 bridgehead atoms. The molecule has 0 spiro atoms. The van der Waals surface area contributed by atoms with E-state index in [-0.39, 0.29) is 45.3 Å². The molecule has 0 saturated carbocycles. The summed E-state index contributed by atoms with van der Waals surface area (Å²) >= 11 is 0. The molecule has 0 aromatic carbocycles. The number of nitrogens with zero attached hydrogens (tertiary/aromatic N) is 3. The Kier molecular flexibility index (Phi) is 6.34. The molecule has 1 aromatic rings. The normalized spacial score (nSPS) is 10.5. The Balaban J connectivity index is 0.00000196. The first-order valence-corrected chi connectivity index (χ1v) is 5.64. The fourth-order valence-electron chi connectivity index (χ4n) is 0.673. The van der Waals surface area contributed by atoms with Gasteiger partial charge in [0, 0.05) is 44.9 Å². The van der Waals surface area contributed by atoms with Gasteiger partial charge in [-0.25, -0.2) is 8.42 Å². The van der Waals surface area contributed by atoms with Crippen LogP contribution in [0.3, 0.4) is 0 Å². The van der Waals surface area contributed by atoms with Gasteiger partial charge in [-0.15, -0.1) is 0 Å². The van der Waals surface area contributed by atoms with Crippen LogP contribution in [0.4, 0.5) is 5.95 Å². The molecule has 1 heterocycles. The molecule has 0 saturated heterocycles. The van der Waals surface area contributed by atoms with E-state index in [0.29, 0.717) is 5.82 Å². The van der Waals surface area contributed by atoms with E-state index in [1.165, 1.54) is 0 Å². The fourth-order valence-corrected chi connectivity index (χ4v) is 1.01. The molecule has 9 heteroatoms. The van der Waals surface area contributed by atoms with Crippen LogP contribution < -0.4 is 10.0 Å². The van der Waals surface area contributed by atoms with E-state index in [1.54, 1.807) is 6.92 Å². The molecule has 1 aromatic heterocycles. The molecule has 0 aliphatic heterocycles. The number of nitrogens with one attached hydrogen (secondary N) is 2. The van der Waals surface area contributed by atoms with Crippen molar-refractivity contribution in [2.45, 2.75) is 6.92 Å². The van der Waals surface area contributed by atoms with Gasteiger partial charge in [0.1, 0.15) is 5.95 Å². The Hall–Kier alpha value is -0.176. The van der Waals surface area contributed by atoms with E-state index < -0.39 is 10.0 Å². The molecular formula is C6H10N5O2SY-. The van der Waals surface area contributed by atoms with Crippen molar-refractivity contribution < 1.29 is 41.1 Å². The number of hydrogen-bond donors (Lipinski definition) is 2. The van der Waals surface area contributed by atoms with Gasteiger partial charge in [0.2, 0.25) is 10.0 Å². The van der Waals surface area contributed by atoms with Gasteiger partial charge < -0.3 is 20.3 Å². The van der Waals surface area contributed by atoms with Crippen LogP contribution in [0.5, 0.6) is 0 Å². The maximum Gasteiger partial charge on any atom is 0.210 e. The van der Waals surface area contributed by atoms with Crippen molar-refractivity contribution in [1.82, 2.24) is 19.7 Å². The van der Waals surface area contributed by atoms with E-state index in [1.807, 2.05) is 0 Å².